The summed E-state index contributed by atoms with van der Waals surface area (Å²) in [6.45, 7) is 3.88. The van der Waals surface area contributed by atoms with Gasteiger partial charge in [0.1, 0.15) is 5.75 Å². The summed E-state index contributed by atoms with van der Waals surface area (Å²) >= 11 is 3.57. The molecule has 0 saturated heterocycles. The Morgan fingerprint density at radius 1 is 1.25 bits per heavy atom. The summed E-state index contributed by atoms with van der Waals surface area (Å²) in [5.74, 6) is 0.877. The molecule has 1 aromatic carbocycles. The Bertz CT molecular complexity index is 417. The molecule has 0 aromatic heterocycles. The lowest BCUT2D eigenvalue weighted by atomic mass is 9.93. The van der Waals surface area contributed by atoms with Crippen LogP contribution in [0.2, 0.25) is 0 Å². The Labute approximate surface area is 130 Å². The van der Waals surface area contributed by atoms with Crippen LogP contribution in [0.25, 0.3) is 0 Å². The molecular weight excluding hydrogens is 318 g/mol. The summed E-state index contributed by atoms with van der Waals surface area (Å²) in [6, 6.07) is 6.69. The van der Waals surface area contributed by atoms with E-state index in [4.69, 9.17) is 9.47 Å². The molecule has 1 saturated carbocycles. The van der Waals surface area contributed by atoms with Crippen molar-refractivity contribution in [3.8, 4) is 5.75 Å². The zero-order valence-corrected chi connectivity index (χ0v) is 13.9. The fourth-order valence-electron chi connectivity index (χ4n) is 2.72. The zero-order valence-electron chi connectivity index (χ0n) is 12.3. The van der Waals surface area contributed by atoms with Crippen molar-refractivity contribution in [2.75, 3.05) is 13.7 Å². The lowest BCUT2D eigenvalue weighted by Gasteiger charge is -2.29. The molecule has 0 atom stereocenters. The van der Waals surface area contributed by atoms with E-state index >= 15 is 0 Å². The van der Waals surface area contributed by atoms with Gasteiger partial charge in [0.15, 0.2) is 0 Å². The number of rotatable bonds is 6. The smallest absolute Gasteiger partial charge is 0.119 e. The number of hydrogen-bond donors (Lipinski definition) is 1. The van der Waals surface area contributed by atoms with Crippen molar-refractivity contribution in [1.82, 2.24) is 5.32 Å². The summed E-state index contributed by atoms with van der Waals surface area (Å²) in [7, 11) is 1.69. The molecule has 2 rings (SSSR count). The highest BCUT2D eigenvalue weighted by molar-refractivity contribution is 9.10. The van der Waals surface area contributed by atoms with Crippen molar-refractivity contribution < 1.29 is 9.47 Å². The first-order valence-electron chi connectivity index (χ1n) is 7.40. The van der Waals surface area contributed by atoms with Crippen LogP contribution in [0.15, 0.2) is 22.7 Å². The molecule has 0 aliphatic heterocycles. The Morgan fingerprint density at radius 2 is 2.00 bits per heavy atom. The van der Waals surface area contributed by atoms with E-state index in [9.17, 15) is 0 Å². The molecule has 1 aliphatic carbocycles. The van der Waals surface area contributed by atoms with Gasteiger partial charge in [0, 0.05) is 10.5 Å². The van der Waals surface area contributed by atoms with Crippen LogP contribution in [-0.4, -0.2) is 25.8 Å². The summed E-state index contributed by atoms with van der Waals surface area (Å²) < 4.78 is 12.4. The molecule has 1 fully saturated rings. The van der Waals surface area contributed by atoms with Gasteiger partial charge in [0.25, 0.3) is 0 Å². The summed E-state index contributed by atoms with van der Waals surface area (Å²) in [4.78, 5) is 0. The SMILES string of the molecule is CCNC1CCC(OCc2cc(OC)ccc2Br)CC1. The van der Waals surface area contributed by atoms with E-state index in [-0.39, 0.29) is 0 Å². The van der Waals surface area contributed by atoms with Gasteiger partial charge in [-0.2, -0.15) is 0 Å². The number of methoxy groups -OCH3 is 1. The molecule has 1 N–H and O–H groups in total. The zero-order chi connectivity index (χ0) is 14.4. The van der Waals surface area contributed by atoms with Crippen molar-refractivity contribution in [2.45, 2.75) is 51.4 Å². The highest BCUT2D eigenvalue weighted by atomic mass is 79.9. The van der Waals surface area contributed by atoms with Crippen molar-refractivity contribution in [2.24, 2.45) is 0 Å². The fraction of sp³-hybridized carbons (Fsp3) is 0.625. The van der Waals surface area contributed by atoms with Gasteiger partial charge in [0.2, 0.25) is 0 Å². The monoisotopic (exact) mass is 341 g/mol. The minimum absolute atomic E-state index is 0.392. The number of halogens is 1. The molecule has 1 aromatic rings. The minimum atomic E-state index is 0.392. The van der Waals surface area contributed by atoms with E-state index in [0.717, 1.165) is 35.2 Å². The van der Waals surface area contributed by atoms with Gasteiger partial charge in [-0.15, -0.1) is 0 Å². The van der Waals surface area contributed by atoms with Crippen molar-refractivity contribution in [3.63, 3.8) is 0 Å². The Hall–Kier alpha value is -0.580. The van der Waals surface area contributed by atoms with Crippen LogP contribution in [0.4, 0.5) is 0 Å². The first kappa shape index (κ1) is 15.8. The van der Waals surface area contributed by atoms with E-state index < -0.39 is 0 Å². The maximum absolute atomic E-state index is 6.06. The molecule has 20 heavy (non-hydrogen) atoms. The van der Waals surface area contributed by atoms with E-state index in [1.165, 1.54) is 12.8 Å². The lowest BCUT2D eigenvalue weighted by Crippen LogP contribution is -2.35. The van der Waals surface area contributed by atoms with Gasteiger partial charge in [-0.05, 0) is 56.0 Å². The maximum Gasteiger partial charge on any atom is 0.119 e. The Kier molecular flexibility index (Phi) is 6.33. The van der Waals surface area contributed by atoms with Crippen LogP contribution in [0.5, 0.6) is 5.75 Å². The number of nitrogens with one attached hydrogen (secondary N) is 1. The van der Waals surface area contributed by atoms with Gasteiger partial charge in [-0.25, -0.2) is 0 Å². The fourth-order valence-corrected chi connectivity index (χ4v) is 3.08. The highest BCUT2D eigenvalue weighted by Gasteiger charge is 2.21. The van der Waals surface area contributed by atoms with Crippen LogP contribution in [0.3, 0.4) is 0 Å². The molecule has 3 nitrogen and oxygen atoms in total. The maximum atomic E-state index is 6.06. The van der Waals surface area contributed by atoms with Crippen molar-refractivity contribution in [3.05, 3.63) is 28.2 Å². The van der Waals surface area contributed by atoms with Gasteiger partial charge >= 0.3 is 0 Å². The summed E-state index contributed by atoms with van der Waals surface area (Å²) in [5, 5.41) is 3.52. The van der Waals surface area contributed by atoms with Crippen LogP contribution >= 0.6 is 15.9 Å². The predicted molar refractivity (Wildman–Crippen MR) is 85.2 cm³/mol. The quantitative estimate of drug-likeness (QED) is 0.851. The first-order valence-corrected chi connectivity index (χ1v) is 8.19. The molecule has 0 radical (unpaired) electrons. The standard InChI is InChI=1S/C16H24BrNO2/c1-3-18-13-4-6-14(7-5-13)20-11-12-10-15(19-2)8-9-16(12)17/h8-10,13-14,18H,3-7,11H2,1-2H3. The van der Waals surface area contributed by atoms with Gasteiger partial charge in [0.05, 0.1) is 19.8 Å². The first-order chi connectivity index (χ1) is 9.72. The van der Waals surface area contributed by atoms with E-state index in [1.807, 2.05) is 18.2 Å². The molecule has 0 heterocycles. The average molecular weight is 342 g/mol. The molecule has 0 bridgehead atoms. The molecule has 0 spiro atoms. The summed E-state index contributed by atoms with van der Waals surface area (Å²) in [6.07, 6.45) is 5.14. The van der Waals surface area contributed by atoms with E-state index in [0.29, 0.717) is 18.8 Å². The number of ether oxygens (including phenoxy) is 2. The minimum Gasteiger partial charge on any atom is -0.497 e. The highest BCUT2D eigenvalue weighted by Crippen LogP contribution is 2.26. The van der Waals surface area contributed by atoms with Crippen molar-refractivity contribution >= 4 is 15.9 Å². The third-order valence-electron chi connectivity index (χ3n) is 3.89. The number of hydrogen-bond acceptors (Lipinski definition) is 3. The largest absolute Gasteiger partial charge is 0.497 e. The van der Waals surface area contributed by atoms with Crippen LogP contribution in [0, 0.1) is 0 Å². The summed E-state index contributed by atoms with van der Waals surface area (Å²) in [5.41, 5.74) is 1.15. The van der Waals surface area contributed by atoms with Crippen LogP contribution < -0.4 is 10.1 Å². The topological polar surface area (TPSA) is 30.5 Å². The van der Waals surface area contributed by atoms with E-state index in [2.05, 4.69) is 28.2 Å². The third-order valence-corrected chi connectivity index (χ3v) is 4.67. The van der Waals surface area contributed by atoms with Gasteiger partial charge < -0.3 is 14.8 Å². The second-order valence-corrected chi connectivity index (χ2v) is 6.15. The third kappa shape index (κ3) is 4.47. The molecule has 112 valence electrons. The molecule has 4 heteroatoms. The Balaban J connectivity index is 1.81. The van der Waals surface area contributed by atoms with Gasteiger partial charge in [-0.3, -0.25) is 0 Å². The van der Waals surface area contributed by atoms with E-state index in [1.54, 1.807) is 7.11 Å². The second-order valence-electron chi connectivity index (χ2n) is 5.30. The Morgan fingerprint density at radius 3 is 2.65 bits per heavy atom. The normalized spacial score (nSPS) is 22.8. The molecule has 0 amide bonds. The van der Waals surface area contributed by atoms with Gasteiger partial charge in [-0.1, -0.05) is 22.9 Å². The predicted octanol–water partition coefficient (Wildman–Crippen LogP) is 3.90. The van der Waals surface area contributed by atoms with Crippen LogP contribution in [0.1, 0.15) is 38.2 Å². The number of benzene rings is 1. The van der Waals surface area contributed by atoms with Crippen molar-refractivity contribution in [1.29, 1.82) is 0 Å². The average Bonchev–Trinajstić information content (AvgIpc) is 2.48. The molecule has 1 aliphatic rings. The molecular formula is C16H24BrNO2. The lowest BCUT2D eigenvalue weighted by molar-refractivity contribution is 0.0111. The molecule has 0 unspecified atom stereocenters. The van der Waals surface area contributed by atoms with Crippen LogP contribution in [-0.2, 0) is 11.3 Å². The second kappa shape index (κ2) is 8.01.